The van der Waals surface area contributed by atoms with Crippen molar-refractivity contribution in [3.63, 3.8) is 0 Å². The first kappa shape index (κ1) is 20.8. The monoisotopic (exact) mass is 391 g/mol. The lowest BCUT2D eigenvalue weighted by Crippen LogP contribution is -2.28. The number of carbonyl (C=O) groups is 1. The van der Waals surface area contributed by atoms with E-state index in [1.54, 1.807) is 19.1 Å². The first-order valence-electron chi connectivity index (χ1n) is 8.94. The molecule has 0 aliphatic heterocycles. The number of halogens is 1. The van der Waals surface area contributed by atoms with Gasteiger partial charge in [-0.15, -0.1) is 0 Å². The van der Waals surface area contributed by atoms with E-state index in [-0.39, 0.29) is 24.0 Å². The smallest absolute Gasteiger partial charge is 0.251 e. The Balaban J connectivity index is 2.28. The summed E-state index contributed by atoms with van der Waals surface area (Å²) in [5.41, 5.74) is 2.98. The molecule has 0 unspecified atom stereocenters. The van der Waals surface area contributed by atoms with E-state index in [1.807, 2.05) is 27.7 Å². The second-order valence-corrected chi connectivity index (χ2v) is 7.07. The number of aromatic nitrogens is 1. The van der Waals surface area contributed by atoms with Crippen molar-refractivity contribution < 1.29 is 9.53 Å². The number of pyridine rings is 1. The van der Waals surface area contributed by atoms with Crippen LogP contribution in [0.3, 0.4) is 0 Å². The van der Waals surface area contributed by atoms with Gasteiger partial charge in [0, 0.05) is 34.6 Å². The lowest BCUT2D eigenvalue weighted by Gasteiger charge is -2.16. The van der Waals surface area contributed by atoms with Gasteiger partial charge in [0.05, 0.1) is 18.2 Å². The van der Waals surface area contributed by atoms with Crippen molar-refractivity contribution >= 4 is 23.2 Å². The minimum absolute atomic E-state index is 0.0546. The zero-order valence-electron chi connectivity index (χ0n) is 16.3. The van der Waals surface area contributed by atoms with E-state index < -0.39 is 0 Å². The zero-order chi connectivity index (χ0) is 20.1. The van der Waals surface area contributed by atoms with Crippen LogP contribution in [0.15, 0.2) is 23.0 Å². The minimum atomic E-state index is -0.301. The van der Waals surface area contributed by atoms with E-state index >= 15 is 0 Å². The molecule has 146 valence electrons. The Kier molecular flexibility index (Phi) is 6.91. The molecule has 27 heavy (non-hydrogen) atoms. The quantitative estimate of drug-likeness (QED) is 0.670. The highest BCUT2D eigenvalue weighted by Gasteiger charge is 2.16. The number of ether oxygens (including phenoxy) is 1. The molecule has 2 rings (SSSR count). The van der Waals surface area contributed by atoms with Crippen molar-refractivity contribution in [2.24, 2.45) is 0 Å². The normalized spacial score (nSPS) is 10.8. The fourth-order valence-electron chi connectivity index (χ4n) is 2.74. The first-order valence-corrected chi connectivity index (χ1v) is 9.32. The Bertz CT molecular complexity index is 891. The van der Waals surface area contributed by atoms with Crippen LogP contribution in [-0.2, 0) is 6.54 Å². The van der Waals surface area contributed by atoms with E-state index in [1.165, 1.54) is 6.07 Å². The Morgan fingerprint density at radius 1 is 1.26 bits per heavy atom. The number of hydrogen-bond acceptors (Lipinski definition) is 4. The molecule has 0 radical (unpaired) electrons. The van der Waals surface area contributed by atoms with Gasteiger partial charge in [-0.3, -0.25) is 9.59 Å². The minimum Gasteiger partial charge on any atom is -0.476 e. The predicted octanol–water partition coefficient (Wildman–Crippen LogP) is 3.79. The summed E-state index contributed by atoms with van der Waals surface area (Å²) in [6.07, 6.45) is -0.102. The molecular formula is C20H26ClN3O3. The van der Waals surface area contributed by atoms with E-state index in [9.17, 15) is 9.59 Å². The number of rotatable bonds is 7. The van der Waals surface area contributed by atoms with E-state index in [4.69, 9.17) is 16.3 Å². The molecule has 1 aromatic heterocycles. The van der Waals surface area contributed by atoms with Crippen LogP contribution in [0.25, 0.3) is 0 Å². The van der Waals surface area contributed by atoms with Crippen LogP contribution in [-0.4, -0.2) is 23.5 Å². The number of benzene rings is 1. The van der Waals surface area contributed by atoms with Gasteiger partial charge in [0.15, 0.2) is 11.3 Å². The topological polar surface area (TPSA) is 83.2 Å². The fraction of sp³-hybridized carbons (Fsp3) is 0.400. The van der Waals surface area contributed by atoms with Gasteiger partial charge in [-0.25, -0.2) is 0 Å². The summed E-state index contributed by atoms with van der Waals surface area (Å²) in [6.45, 7) is 10.1. The van der Waals surface area contributed by atoms with Gasteiger partial charge in [0.2, 0.25) is 0 Å². The van der Waals surface area contributed by atoms with Crippen molar-refractivity contribution in [3.05, 3.63) is 55.8 Å². The second kappa shape index (κ2) is 8.95. The summed E-state index contributed by atoms with van der Waals surface area (Å²) < 4.78 is 5.70. The predicted molar refractivity (Wildman–Crippen MR) is 109 cm³/mol. The molecule has 0 atom stereocenters. The molecule has 0 fully saturated rings. The van der Waals surface area contributed by atoms with Gasteiger partial charge in [0.25, 0.3) is 5.91 Å². The Morgan fingerprint density at radius 2 is 1.96 bits per heavy atom. The molecule has 7 heteroatoms. The summed E-state index contributed by atoms with van der Waals surface area (Å²) in [7, 11) is 0. The molecule has 0 spiro atoms. The van der Waals surface area contributed by atoms with Crippen LogP contribution >= 0.6 is 11.6 Å². The third kappa shape index (κ3) is 5.26. The molecule has 2 aromatic rings. The molecule has 6 nitrogen and oxygen atoms in total. The van der Waals surface area contributed by atoms with Gasteiger partial charge in [0.1, 0.15) is 0 Å². The van der Waals surface area contributed by atoms with Crippen molar-refractivity contribution in [2.75, 3.05) is 11.9 Å². The van der Waals surface area contributed by atoms with Crippen LogP contribution in [0.4, 0.5) is 5.69 Å². The maximum Gasteiger partial charge on any atom is 0.251 e. The fourth-order valence-corrected chi connectivity index (χ4v) is 2.96. The number of aromatic amines is 1. The molecule has 0 bridgehead atoms. The van der Waals surface area contributed by atoms with E-state index in [0.717, 1.165) is 17.8 Å². The third-order valence-corrected chi connectivity index (χ3v) is 4.21. The second-order valence-electron chi connectivity index (χ2n) is 6.63. The molecule has 1 heterocycles. The molecule has 0 aliphatic rings. The maximum absolute atomic E-state index is 12.7. The van der Waals surface area contributed by atoms with Gasteiger partial charge >= 0.3 is 0 Å². The molecule has 0 aliphatic carbocycles. The zero-order valence-corrected chi connectivity index (χ0v) is 17.1. The average Bonchev–Trinajstić information content (AvgIpc) is 2.56. The highest BCUT2D eigenvalue weighted by molar-refractivity contribution is 6.31. The van der Waals surface area contributed by atoms with Crippen LogP contribution in [0, 0.1) is 13.8 Å². The van der Waals surface area contributed by atoms with Crippen LogP contribution in [0.2, 0.25) is 5.02 Å². The van der Waals surface area contributed by atoms with Crippen LogP contribution in [0.5, 0.6) is 5.88 Å². The number of aryl methyl sites for hydroxylation is 1. The molecular weight excluding hydrogens is 366 g/mol. The first-order chi connectivity index (χ1) is 12.7. The van der Waals surface area contributed by atoms with Crippen LogP contribution < -0.4 is 20.8 Å². The van der Waals surface area contributed by atoms with Crippen molar-refractivity contribution in [1.29, 1.82) is 0 Å². The molecule has 0 saturated carbocycles. The van der Waals surface area contributed by atoms with Gasteiger partial charge < -0.3 is 20.4 Å². The third-order valence-electron chi connectivity index (χ3n) is 3.99. The van der Waals surface area contributed by atoms with E-state index in [2.05, 4.69) is 15.6 Å². The van der Waals surface area contributed by atoms with Crippen LogP contribution in [0.1, 0.15) is 48.0 Å². The van der Waals surface area contributed by atoms with Crippen molar-refractivity contribution in [1.82, 2.24) is 10.3 Å². The number of amides is 1. The lowest BCUT2D eigenvalue weighted by atomic mass is 10.1. The number of anilines is 1. The van der Waals surface area contributed by atoms with Gasteiger partial charge in [-0.1, -0.05) is 11.6 Å². The summed E-state index contributed by atoms with van der Waals surface area (Å²) in [5.74, 6) is 0.0797. The molecule has 1 aromatic carbocycles. The molecule has 3 N–H and O–H groups in total. The summed E-state index contributed by atoms with van der Waals surface area (Å²) in [6, 6.07) is 4.90. The SMILES string of the molecule is CCNc1cc(Cl)cc(C(=O)NCc2c(OC(C)C)[nH]c(C)cc2=O)c1C. The number of hydrogen-bond donors (Lipinski definition) is 3. The van der Waals surface area contributed by atoms with Gasteiger partial charge in [-0.05, 0) is 52.3 Å². The van der Waals surface area contributed by atoms with Gasteiger partial charge in [-0.2, -0.15) is 0 Å². The maximum atomic E-state index is 12.7. The van der Waals surface area contributed by atoms with E-state index in [0.29, 0.717) is 27.7 Å². The standard InChI is InChI=1S/C20H26ClN3O3/c1-6-22-17-9-14(21)8-15(13(17)5)19(26)23-10-16-18(25)7-12(4)24-20(16)27-11(2)3/h7-9,11,22H,6,10H2,1-5H3,(H,23,26)(H,24,25). The highest BCUT2D eigenvalue weighted by atomic mass is 35.5. The highest BCUT2D eigenvalue weighted by Crippen LogP contribution is 2.25. The number of nitrogens with one attached hydrogen (secondary N) is 3. The number of carbonyl (C=O) groups excluding carboxylic acids is 1. The average molecular weight is 392 g/mol. The summed E-state index contributed by atoms with van der Waals surface area (Å²) in [5, 5.41) is 6.46. The summed E-state index contributed by atoms with van der Waals surface area (Å²) in [4.78, 5) is 28.1. The van der Waals surface area contributed by atoms with Crippen molar-refractivity contribution in [2.45, 2.75) is 47.3 Å². The number of H-pyrrole nitrogens is 1. The van der Waals surface area contributed by atoms with Crippen molar-refractivity contribution in [3.8, 4) is 5.88 Å². The molecule has 0 saturated heterocycles. The Morgan fingerprint density at radius 3 is 2.59 bits per heavy atom. The Labute approximate surface area is 164 Å². The molecule has 1 amide bonds. The lowest BCUT2D eigenvalue weighted by molar-refractivity contribution is 0.0949. The Hall–Kier alpha value is -2.47. The summed E-state index contributed by atoms with van der Waals surface area (Å²) >= 11 is 6.15. The largest absolute Gasteiger partial charge is 0.476 e.